The van der Waals surface area contributed by atoms with E-state index in [1.807, 2.05) is 0 Å². The summed E-state index contributed by atoms with van der Waals surface area (Å²) in [6, 6.07) is 0. The molecule has 1 fully saturated rings. The van der Waals surface area contributed by atoms with E-state index in [-0.39, 0.29) is 5.95 Å². The SMILES string of the molecule is CCN(CC)CCNc1nc(N)nc(N2CCCC2)n1. The predicted molar refractivity (Wildman–Crippen MR) is 82.0 cm³/mol. The summed E-state index contributed by atoms with van der Waals surface area (Å²) in [6.07, 6.45) is 2.38. The zero-order valence-corrected chi connectivity index (χ0v) is 12.5. The molecule has 0 spiro atoms. The third-order valence-electron chi connectivity index (χ3n) is 3.64. The number of aromatic nitrogens is 3. The van der Waals surface area contributed by atoms with Crippen molar-refractivity contribution in [3.8, 4) is 0 Å². The van der Waals surface area contributed by atoms with E-state index in [1.165, 1.54) is 12.8 Å². The van der Waals surface area contributed by atoms with Gasteiger partial charge in [-0.25, -0.2) is 0 Å². The number of likely N-dealkylation sites (N-methyl/N-ethyl adjacent to an activating group) is 1. The van der Waals surface area contributed by atoms with Gasteiger partial charge in [-0.05, 0) is 25.9 Å². The number of hydrogen-bond acceptors (Lipinski definition) is 7. The van der Waals surface area contributed by atoms with Crippen molar-refractivity contribution >= 4 is 17.8 Å². The Balaban J connectivity index is 1.93. The highest BCUT2D eigenvalue weighted by Gasteiger charge is 2.16. The molecule has 0 atom stereocenters. The second kappa shape index (κ2) is 7.23. The molecule has 20 heavy (non-hydrogen) atoms. The van der Waals surface area contributed by atoms with Gasteiger partial charge in [-0.3, -0.25) is 0 Å². The van der Waals surface area contributed by atoms with Crippen LogP contribution in [0.15, 0.2) is 0 Å². The van der Waals surface area contributed by atoms with Crippen LogP contribution in [0.2, 0.25) is 0 Å². The topological polar surface area (TPSA) is 83.2 Å². The monoisotopic (exact) mass is 279 g/mol. The van der Waals surface area contributed by atoms with Crippen LogP contribution in [0.4, 0.5) is 17.8 Å². The Labute approximate surface area is 120 Å². The van der Waals surface area contributed by atoms with Gasteiger partial charge in [0.2, 0.25) is 17.8 Å². The average Bonchev–Trinajstić information content (AvgIpc) is 2.97. The molecule has 2 heterocycles. The minimum absolute atomic E-state index is 0.284. The summed E-state index contributed by atoms with van der Waals surface area (Å²) >= 11 is 0. The van der Waals surface area contributed by atoms with E-state index in [9.17, 15) is 0 Å². The third kappa shape index (κ3) is 3.93. The summed E-state index contributed by atoms with van der Waals surface area (Å²) < 4.78 is 0. The molecule has 0 unspecified atom stereocenters. The highest BCUT2D eigenvalue weighted by molar-refractivity contribution is 5.42. The largest absolute Gasteiger partial charge is 0.368 e. The number of nitrogens with zero attached hydrogens (tertiary/aromatic N) is 5. The quantitative estimate of drug-likeness (QED) is 0.764. The molecule has 1 aromatic rings. The van der Waals surface area contributed by atoms with E-state index in [0.29, 0.717) is 11.9 Å². The van der Waals surface area contributed by atoms with Crippen molar-refractivity contribution in [2.75, 3.05) is 55.2 Å². The summed E-state index contributed by atoms with van der Waals surface area (Å²) in [4.78, 5) is 17.3. The number of nitrogen functional groups attached to an aromatic ring is 1. The maximum atomic E-state index is 5.77. The lowest BCUT2D eigenvalue weighted by Gasteiger charge is -2.19. The van der Waals surface area contributed by atoms with Crippen LogP contribution in [0.1, 0.15) is 26.7 Å². The van der Waals surface area contributed by atoms with Gasteiger partial charge >= 0.3 is 0 Å². The van der Waals surface area contributed by atoms with Crippen LogP contribution < -0.4 is 16.0 Å². The molecule has 3 N–H and O–H groups in total. The molecule has 1 aliphatic rings. The summed E-state index contributed by atoms with van der Waals surface area (Å²) in [5.74, 6) is 1.55. The van der Waals surface area contributed by atoms with Crippen LogP contribution in [0.25, 0.3) is 0 Å². The Morgan fingerprint density at radius 1 is 1.15 bits per heavy atom. The molecule has 2 rings (SSSR count). The van der Waals surface area contributed by atoms with Crippen LogP contribution >= 0.6 is 0 Å². The molecule has 0 radical (unpaired) electrons. The smallest absolute Gasteiger partial charge is 0.231 e. The van der Waals surface area contributed by atoms with Crippen LogP contribution in [0.3, 0.4) is 0 Å². The van der Waals surface area contributed by atoms with E-state index >= 15 is 0 Å². The minimum atomic E-state index is 0.284. The molecular weight excluding hydrogens is 254 g/mol. The van der Waals surface area contributed by atoms with Gasteiger partial charge in [-0.2, -0.15) is 15.0 Å². The molecule has 0 aromatic carbocycles. The van der Waals surface area contributed by atoms with Gasteiger partial charge < -0.3 is 20.9 Å². The van der Waals surface area contributed by atoms with Crippen molar-refractivity contribution in [1.82, 2.24) is 19.9 Å². The zero-order valence-electron chi connectivity index (χ0n) is 12.5. The van der Waals surface area contributed by atoms with Crippen LogP contribution in [0, 0.1) is 0 Å². The fourth-order valence-electron chi connectivity index (χ4n) is 2.38. The van der Waals surface area contributed by atoms with Crippen molar-refractivity contribution in [2.45, 2.75) is 26.7 Å². The number of nitrogens with two attached hydrogens (primary N) is 1. The van der Waals surface area contributed by atoms with Gasteiger partial charge in [0.25, 0.3) is 0 Å². The first-order valence-electron chi connectivity index (χ1n) is 7.45. The fourth-order valence-corrected chi connectivity index (χ4v) is 2.38. The third-order valence-corrected chi connectivity index (χ3v) is 3.64. The molecule has 1 aromatic heterocycles. The van der Waals surface area contributed by atoms with E-state index in [2.05, 4.69) is 43.9 Å². The first kappa shape index (κ1) is 14.8. The normalized spacial score (nSPS) is 15.1. The van der Waals surface area contributed by atoms with Gasteiger partial charge in [0.1, 0.15) is 0 Å². The average molecular weight is 279 g/mol. The molecular formula is C13H25N7. The Hall–Kier alpha value is -1.63. The van der Waals surface area contributed by atoms with Gasteiger partial charge in [-0.15, -0.1) is 0 Å². The molecule has 0 amide bonds. The molecule has 0 saturated carbocycles. The first-order chi connectivity index (χ1) is 9.72. The minimum Gasteiger partial charge on any atom is -0.368 e. The summed E-state index contributed by atoms with van der Waals surface area (Å²) in [7, 11) is 0. The van der Waals surface area contributed by atoms with Gasteiger partial charge in [0.05, 0.1) is 0 Å². The van der Waals surface area contributed by atoms with Crippen molar-refractivity contribution < 1.29 is 0 Å². The second-order valence-electron chi connectivity index (χ2n) is 4.97. The van der Waals surface area contributed by atoms with Crippen LogP contribution in [-0.4, -0.2) is 59.1 Å². The number of nitrogens with one attached hydrogen (secondary N) is 1. The van der Waals surface area contributed by atoms with Crippen molar-refractivity contribution in [1.29, 1.82) is 0 Å². The molecule has 1 saturated heterocycles. The van der Waals surface area contributed by atoms with Crippen LogP contribution in [-0.2, 0) is 0 Å². The standard InChI is InChI=1S/C13H25N7/c1-3-19(4-2)10-7-15-12-16-11(14)17-13(18-12)20-8-5-6-9-20/h3-10H2,1-2H3,(H3,14,15,16,17,18). The van der Waals surface area contributed by atoms with E-state index in [1.54, 1.807) is 0 Å². The maximum absolute atomic E-state index is 5.77. The van der Waals surface area contributed by atoms with Gasteiger partial charge in [-0.1, -0.05) is 13.8 Å². The highest BCUT2D eigenvalue weighted by atomic mass is 15.3. The molecule has 1 aliphatic heterocycles. The number of rotatable bonds is 7. The lowest BCUT2D eigenvalue weighted by molar-refractivity contribution is 0.316. The van der Waals surface area contributed by atoms with E-state index in [0.717, 1.165) is 39.3 Å². The Morgan fingerprint density at radius 3 is 2.50 bits per heavy atom. The van der Waals surface area contributed by atoms with Crippen molar-refractivity contribution in [3.63, 3.8) is 0 Å². The fraction of sp³-hybridized carbons (Fsp3) is 0.769. The van der Waals surface area contributed by atoms with E-state index in [4.69, 9.17) is 5.73 Å². The number of anilines is 3. The summed E-state index contributed by atoms with van der Waals surface area (Å²) in [5.41, 5.74) is 5.77. The van der Waals surface area contributed by atoms with Gasteiger partial charge in [0, 0.05) is 26.2 Å². The molecule has 0 bridgehead atoms. The maximum Gasteiger partial charge on any atom is 0.231 e. The molecule has 0 aliphatic carbocycles. The summed E-state index contributed by atoms with van der Waals surface area (Å²) in [6.45, 7) is 10.2. The molecule has 7 heteroatoms. The van der Waals surface area contributed by atoms with E-state index < -0.39 is 0 Å². The first-order valence-corrected chi connectivity index (χ1v) is 7.45. The Kier molecular flexibility index (Phi) is 5.34. The Morgan fingerprint density at radius 2 is 1.85 bits per heavy atom. The predicted octanol–water partition coefficient (Wildman–Crippen LogP) is 0.808. The zero-order chi connectivity index (χ0) is 14.4. The molecule has 112 valence electrons. The van der Waals surface area contributed by atoms with Crippen molar-refractivity contribution in [2.24, 2.45) is 0 Å². The summed E-state index contributed by atoms with van der Waals surface area (Å²) in [5, 5.41) is 3.24. The lowest BCUT2D eigenvalue weighted by Crippen LogP contribution is -2.29. The number of hydrogen-bond donors (Lipinski definition) is 2. The Bertz CT molecular complexity index is 413. The van der Waals surface area contributed by atoms with Gasteiger partial charge in [0.15, 0.2) is 0 Å². The van der Waals surface area contributed by atoms with Crippen LogP contribution in [0.5, 0.6) is 0 Å². The molecule has 7 nitrogen and oxygen atoms in total. The second-order valence-corrected chi connectivity index (χ2v) is 4.97. The lowest BCUT2D eigenvalue weighted by atomic mass is 10.4. The van der Waals surface area contributed by atoms with Crippen molar-refractivity contribution in [3.05, 3.63) is 0 Å². The highest BCUT2D eigenvalue weighted by Crippen LogP contribution is 2.17.